The molecule has 0 spiro atoms. The largest absolute Gasteiger partial charge is 0.416 e. The number of alkyl halides is 3. The van der Waals surface area contributed by atoms with Gasteiger partial charge in [0, 0.05) is 0 Å². The molecule has 0 aliphatic carbocycles. The lowest BCUT2D eigenvalue weighted by Crippen LogP contribution is -2.05. The summed E-state index contributed by atoms with van der Waals surface area (Å²) in [6, 6.07) is 5.63. The van der Waals surface area contributed by atoms with Gasteiger partial charge in [-0.25, -0.2) is 13.6 Å². The van der Waals surface area contributed by atoms with E-state index in [-0.39, 0.29) is 16.7 Å². The van der Waals surface area contributed by atoms with Crippen LogP contribution in [0.3, 0.4) is 0 Å². The summed E-state index contributed by atoms with van der Waals surface area (Å²) in [5.74, 6) is -2.66. The van der Waals surface area contributed by atoms with E-state index in [2.05, 4.69) is 4.85 Å². The molecule has 0 atom stereocenters. The molecule has 0 fully saturated rings. The van der Waals surface area contributed by atoms with Crippen molar-refractivity contribution in [2.45, 2.75) is 6.18 Å². The summed E-state index contributed by atoms with van der Waals surface area (Å²) in [5.41, 5.74) is -2.05. The molecule has 0 aliphatic rings. The predicted molar refractivity (Wildman–Crippen MR) is 67.8 cm³/mol. The summed E-state index contributed by atoms with van der Waals surface area (Å²) in [4.78, 5) is 2.80. The van der Waals surface area contributed by atoms with Gasteiger partial charge in [0.05, 0.1) is 23.8 Å². The van der Waals surface area contributed by atoms with Crippen molar-refractivity contribution in [2.75, 3.05) is 0 Å². The van der Waals surface area contributed by atoms with Crippen LogP contribution in [0.5, 0.6) is 0 Å². The van der Waals surface area contributed by atoms with Crippen molar-refractivity contribution < 1.29 is 22.0 Å². The van der Waals surface area contributed by atoms with Crippen LogP contribution in [0.15, 0.2) is 30.3 Å². The Bertz CT molecular complexity index is 826. The van der Waals surface area contributed by atoms with E-state index in [1.54, 1.807) is 6.07 Å². The van der Waals surface area contributed by atoms with Crippen LogP contribution in [0.4, 0.5) is 27.6 Å². The number of benzene rings is 2. The van der Waals surface area contributed by atoms with Crippen LogP contribution in [0.1, 0.15) is 11.1 Å². The monoisotopic (exact) mass is 308 g/mol. The fourth-order valence-electron chi connectivity index (χ4n) is 1.88. The Hall–Kier alpha value is -2.93. The van der Waals surface area contributed by atoms with Crippen molar-refractivity contribution in [3.8, 4) is 17.2 Å². The van der Waals surface area contributed by atoms with Gasteiger partial charge in [0.15, 0.2) is 5.82 Å². The lowest BCUT2D eigenvalue weighted by atomic mass is 9.97. The van der Waals surface area contributed by atoms with Gasteiger partial charge in [0.1, 0.15) is 5.82 Å². The highest BCUT2D eigenvalue weighted by atomic mass is 19.4. The number of rotatable bonds is 1. The number of nitriles is 1. The maximum atomic E-state index is 13.4. The molecule has 0 heterocycles. The highest BCUT2D eigenvalue weighted by Gasteiger charge is 2.31. The van der Waals surface area contributed by atoms with Gasteiger partial charge in [0.25, 0.3) is 0 Å². The Balaban J connectivity index is 2.67. The fraction of sp³-hybridized carbons (Fsp3) is 0.0667. The maximum Gasteiger partial charge on any atom is 0.416 e. The summed E-state index contributed by atoms with van der Waals surface area (Å²) >= 11 is 0. The number of halogens is 5. The van der Waals surface area contributed by atoms with Gasteiger partial charge in [-0.2, -0.15) is 18.4 Å². The minimum absolute atomic E-state index is 0.0145. The van der Waals surface area contributed by atoms with Crippen molar-refractivity contribution in [1.82, 2.24) is 0 Å². The van der Waals surface area contributed by atoms with E-state index in [4.69, 9.17) is 11.8 Å². The number of hydrogen-bond acceptors (Lipinski definition) is 1. The van der Waals surface area contributed by atoms with Crippen LogP contribution >= 0.6 is 0 Å². The first-order valence-corrected chi connectivity index (χ1v) is 5.76. The first-order valence-electron chi connectivity index (χ1n) is 5.76. The quantitative estimate of drug-likeness (QED) is 0.534. The van der Waals surface area contributed by atoms with Crippen molar-refractivity contribution in [3.63, 3.8) is 0 Å². The van der Waals surface area contributed by atoms with Crippen LogP contribution in [-0.2, 0) is 6.18 Å². The third kappa shape index (κ3) is 2.75. The molecule has 7 heteroatoms. The van der Waals surface area contributed by atoms with Crippen molar-refractivity contribution in [1.29, 1.82) is 5.26 Å². The molecule has 2 rings (SSSR count). The Kier molecular flexibility index (Phi) is 3.83. The topological polar surface area (TPSA) is 28.1 Å². The molecular weight excluding hydrogens is 303 g/mol. The lowest BCUT2D eigenvalue weighted by molar-refractivity contribution is -0.137. The molecule has 22 heavy (non-hydrogen) atoms. The van der Waals surface area contributed by atoms with Gasteiger partial charge in [-0.1, -0.05) is 6.07 Å². The molecule has 0 radical (unpaired) electrons. The zero-order valence-corrected chi connectivity index (χ0v) is 10.7. The third-order valence-corrected chi connectivity index (χ3v) is 2.91. The Morgan fingerprint density at radius 3 is 2.32 bits per heavy atom. The number of nitrogens with zero attached hydrogens (tertiary/aromatic N) is 2. The van der Waals surface area contributed by atoms with Gasteiger partial charge in [-0.3, -0.25) is 0 Å². The smallest absolute Gasteiger partial charge is 0.235 e. The van der Waals surface area contributed by atoms with Crippen LogP contribution in [0.25, 0.3) is 16.0 Å². The van der Waals surface area contributed by atoms with Gasteiger partial charge >= 0.3 is 6.18 Å². The fourth-order valence-corrected chi connectivity index (χ4v) is 1.88. The molecule has 2 aromatic rings. The van der Waals surface area contributed by atoms with Gasteiger partial charge < -0.3 is 0 Å². The predicted octanol–water partition coefficient (Wildman–Crippen LogP) is 5.07. The first-order chi connectivity index (χ1) is 10.3. The van der Waals surface area contributed by atoms with Crippen molar-refractivity contribution in [3.05, 3.63) is 64.5 Å². The highest BCUT2D eigenvalue weighted by Crippen LogP contribution is 2.35. The standard InChI is InChI=1S/C15H5F5N2/c1-22-13-6-8(5-12(16)14(13)17)11-3-2-10(15(18,19)20)4-9(11)7-21/h2-6H. The summed E-state index contributed by atoms with van der Waals surface area (Å²) in [6.07, 6.45) is -4.63. The van der Waals surface area contributed by atoms with E-state index in [9.17, 15) is 22.0 Å². The molecule has 0 aromatic heterocycles. The molecular formula is C15H5F5N2. The zero-order valence-electron chi connectivity index (χ0n) is 10.7. The van der Waals surface area contributed by atoms with Crippen molar-refractivity contribution in [2.24, 2.45) is 0 Å². The molecule has 0 unspecified atom stereocenters. The van der Waals surface area contributed by atoms with Crippen LogP contribution < -0.4 is 0 Å². The van der Waals surface area contributed by atoms with E-state index in [1.807, 2.05) is 0 Å². The van der Waals surface area contributed by atoms with Crippen LogP contribution in [0.2, 0.25) is 0 Å². The molecule has 0 aliphatic heterocycles. The minimum atomic E-state index is -4.63. The van der Waals surface area contributed by atoms with E-state index < -0.39 is 29.1 Å². The lowest BCUT2D eigenvalue weighted by Gasteiger charge is -2.11. The molecule has 2 nitrogen and oxygen atoms in total. The summed E-state index contributed by atoms with van der Waals surface area (Å²) in [6.45, 7) is 6.76. The molecule has 0 N–H and O–H groups in total. The molecule has 0 amide bonds. The second kappa shape index (κ2) is 5.45. The first kappa shape index (κ1) is 15.5. The molecule has 0 saturated carbocycles. The molecule has 110 valence electrons. The van der Waals surface area contributed by atoms with Crippen molar-refractivity contribution >= 4 is 5.69 Å². The van der Waals surface area contributed by atoms with Gasteiger partial charge in [-0.05, 0) is 35.4 Å². The van der Waals surface area contributed by atoms with Gasteiger partial charge in [0.2, 0.25) is 5.69 Å². The average molecular weight is 308 g/mol. The van der Waals surface area contributed by atoms with E-state index in [1.165, 1.54) is 0 Å². The van der Waals surface area contributed by atoms with Crippen LogP contribution in [-0.4, -0.2) is 0 Å². The van der Waals surface area contributed by atoms with Gasteiger partial charge in [-0.15, -0.1) is 0 Å². The molecule has 2 aromatic carbocycles. The summed E-state index contributed by atoms with van der Waals surface area (Å²) in [5, 5.41) is 8.97. The van der Waals surface area contributed by atoms with E-state index >= 15 is 0 Å². The normalized spacial score (nSPS) is 10.9. The van der Waals surface area contributed by atoms with Crippen LogP contribution in [0, 0.1) is 29.5 Å². The van der Waals surface area contributed by atoms with E-state index in [0.717, 1.165) is 24.3 Å². The van der Waals surface area contributed by atoms with E-state index in [0.29, 0.717) is 6.07 Å². The number of hydrogen-bond donors (Lipinski definition) is 0. The highest BCUT2D eigenvalue weighted by molar-refractivity contribution is 5.74. The minimum Gasteiger partial charge on any atom is -0.235 e. The molecule has 0 bridgehead atoms. The SMILES string of the molecule is [C-]#[N+]c1cc(-c2ccc(C(F)(F)F)cc2C#N)cc(F)c1F. The second-order valence-electron chi connectivity index (χ2n) is 4.27. The Labute approximate surface area is 121 Å². The Morgan fingerprint density at radius 1 is 1.09 bits per heavy atom. The second-order valence-corrected chi connectivity index (χ2v) is 4.27. The average Bonchev–Trinajstić information content (AvgIpc) is 2.48. The third-order valence-electron chi connectivity index (χ3n) is 2.91. The summed E-state index contributed by atoms with van der Waals surface area (Å²) in [7, 11) is 0. The maximum absolute atomic E-state index is 13.4. The molecule has 0 saturated heterocycles. The summed E-state index contributed by atoms with van der Waals surface area (Å²) < 4.78 is 64.6. The Morgan fingerprint density at radius 2 is 1.77 bits per heavy atom. The zero-order chi connectivity index (χ0) is 16.5.